The zero-order valence-corrected chi connectivity index (χ0v) is 9.92. The van der Waals surface area contributed by atoms with Gasteiger partial charge in [-0.15, -0.1) is 0 Å². The van der Waals surface area contributed by atoms with Crippen molar-refractivity contribution in [2.45, 2.75) is 24.5 Å². The molecule has 0 aromatic carbocycles. The minimum Gasteiger partial charge on any atom is -0.394 e. The predicted molar refractivity (Wildman–Crippen MR) is 64.9 cm³/mol. The number of fused-ring (bicyclic) bond motifs is 1. The van der Waals surface area contributed by atoms with Crippen LogP contribution < -0.4 is 5.73 Å². The molecule has 4 atom stereocenters. The van der Waals surface area contributed by atoms with E-state index in [0.717, 1.165) is 0 Å². The molecule has 3 heterocycles. The highest BCUT2D eigenvalue weighted by Gasteiger charge is 2.43. The Morgan fingerprint density at radius 1 is 1.32 bits per heavy atom. The van der Waals surface area contributed by atoms with Crippen LogP contribution in [0.15, 0.2) is 18.6 Å². The summed E-state index contributed by atoms with van der Waals surface area (Å²) in [5, 5.41) is 29.4. The van der Waals surface area contributed by atoms with Crippen molar-refractivity contribution in [3.05, 3.63) is 18.6 Å². The topological polar surface area (TPSA) is 127 Å². The number of nitrogen functional groups attached to an aromatic ring is 1. The predicted octanol–water partition coefficient (Wildman–Crippen LogP) is -1.38. The van der Waals surface area contributed by atoms with Crippen molar-refractivity contribution in [1.29, 1.82) is 0 Å². The molecule has 0 spiro atoms. The smallest absolute Gasteiger partial charge is 0.164 e. The lowest BCUT2D eigenvalue weighted by Gasteiger charge is -2.17. The second kappa shape index (κ2) is 4.42. The fraction of sp³-hybridized carbons (Fsp3) is 0.455. The van der Waals surface area contributed by atoms with Gasteiger partial charge in [-0.1, -0.05) is 0 Å². The van der Waals surface area contributed by atoms with Crippen LogP contribution >= 0.6 is 0 Å². The average molecular weight is 266 g/mol. The molecule has 3 rings (SSSR count). The summed E-state index contributed by atoms with van der Waals surface area (Å²) in [4.78, 5) is 7.97. The molecule has 0 radical (unpaired) electrons. The number of hydrogen-bond acceptors (Lipinski definition) is 7. The molecule has 2 aromatic heterocycles. The Morgan fingerprint density at radius 3 is 2.79 bits per heavy atom. The highest BCUT2D eigenvalue weighted by Crippen LogP contribution is 2.32. The number of aliphatic hydroxyl groups excluding tert-OH is 3. The van der Waals surface area contributed by atoms with E-state index in [1.54, 1.807) is 16.8 Å². The molecule has 102 valence electrons. The van der Waals surface area contributed by atoms with Gasteiger partial charge in [-0.2, -0.15) is 0 Å². The number of rotatable bonds is 2. The van der Waals surface area contributed by atoms with E-state index in [1.807, 2.05) is 0 Å². The van der Waals surface area contributed by atoms with Crippen LogP contribution in [0.5, 0.6) is 0 Å². The summed E-state index contributed by atoms with van der Waals surface area (Å²) in [5.41, 5.74) is 6.23. The zero-order chi connectivity index (χ0) is 13.6. The monoisotopic (exact) mass is 266 g/mol. The first-order valence-corrected chi connectivity index (χ1v) is 5.83. The third-order valence-electron chi connectivity index (χ3n) is 3.33. The van der Waals surface area contributed by atoms with E-state index in [1.165, 1.54) is 6.33 Å². The highest BCUT2D eigenvalue weighted by molar-refractivity contribution is 5.86. The number of hydrogen-bond donors (Lipinski definition) is 4. The first-order chi connectivity index (χ1) is 9.13. The van der Waals surface area contributed by atoms with Crippen molar-refractivity contribution in [3.63, 3.8) is 0 Å². The molecule has 1 aliphatic rings. The summed E-state index contributed by atoms with van der Waals surface area (Å²) in [6, 6.07) is 1.71. The molecule has 0 aliphatic carbocycles. The van der Waals surface area contributed by atoms with Crippen LogP contribution in [0.4, 0.5) is 5.82 Å². The Balaban J connectivity index is 2.04. The van der Waals surface area contributed by atoms with Gasteiger partial charge in [-0.3, -0.25) is 0 Å². The third kappa shape index (κ3) is 1.77. The average Bonchev–Trinajstić information content (AvgIpc) is 2.94. The van der Waals surface area contributed by atoms with Gasteiger partial charge in [0.1, 0.15) is 36.1 Å². The van der Waals surface area contributed by atoms with Crippen LogP contribution in [0, 0.1) is 0 Å². The molecule has 1 fully saturated rings. The van der Waals surface area contributed by atoms with E-state index in [4.69, 9.17) is 15.6 Å². The minimum absolute atomic E-state index is 0.329. The lowest BCUT2D eigenvalue weighted by molar-refractivity contribution is -0.0508. The molecular weight excluding hydrogens is 252 g/mol. The van der Waals surface area contributed by atoms with Gasteiger partial charge >= 0.3 is 0 Å². The Bertz CT molecular complexity index is 601. The maximum Gasteiger partial charge on any atom is 0.164 e. The van der Waals surface area contributed by atoms with Crippen LogP contribution in [0.2, 0.25) is 0 Å². The maximum absolute atomic E-state index is 9.98. The van der Waals surface area contributed by atoms with E-state index < -0.39 is 24.5 Å². The van der Waals surface area contributed by atoms with E-state index in [0.29, 0.717) is 16.9 Å². The number of anilines is 1. The number of aromatic nitrogens is 3. The van der Waals surface area contributed by atoms with Gasteiger partial charge in [0, 0.05) is 6.20 Å². The molecule has 8 heteroatoms. The molecule has 19 heavy (non-hydrogen) atoms. The fourth-order valence-corrected chi connectivity index (χ4v) is 2.31. The zero-order valence-electron chi connectivity index (χ0n) is 9.92. The van der Waals surface area contributed by atoms with Crippen molar-refractivity contribution in [2.75, 3.05) is 12.3 Å². The van der Waals surface area contributed by atoms with Crippen LogP contribution in [-0.2, 0) is 4.74 Å². The Labute approximate surface area is 108 Å². The largest absolute Gasteiger partial charge is 0.394 e. The Morgan fingerprint density at radius 2 is 2.11 bits per heavy atom. The normalized spacial score (nSPS) is 31.1. The van der Waals surface area contributed by atoms with E-state index in [2.05, 4.69) is 9.97 Å². The third-order valence-corrected chi connectivity index (χ3v) is 3.33. The molecule has 2 aromatic rings. The quantitative estimate of drug-likeness (QED) is 0.528. The second-order valence-corrected chi connectivity index (χ2v) is 4.45. The summed E-state index contributed by atoms with van der Waals surface area (Å²) in [6.07, 6.45) is -0.975. The summed E-state index contributed by atoms with van der Waals surface area (Å²) in [7, 11) is 0. The molecule has 0 amide bonds. The van der Waals surface area contributed by atoms with Crippen LogP contribution in [0.1, 0.15) is 6.23 Å². The lowest BCUT2D eigenvalue weighted by atomic mass is 10.1. The van der Waals surface area contributed by atoms with Crippen LogP contribution in [0.3, 0.4) is 0 Å². The first-order valence-electron chi connectivity index (χ1n) is 5.83. The van der Waals surface area contributed by atoms with Crippen molar-refractivity contribution in [1.82, 2.24) is 14.5 Å². The number of aliphatic hydroxyl groups is 3. The van der Waals surface area contributed by atoms with Crippen molar-refractivity contribution in [2.24, 2.45) is 0 Å². The molecular formula is C11H14N4O4. The van der Waals surface area contributed by atoms with Crippen LogP contribution in [-0.4, -0.2) is 54.8 Å². The van der Waals surface area contributed by atoms with Gasteiger partial charge < -0.3 is 30.4 Å². The first kappa shape index (κ1) is 12.3. The van der Waals surface area contributed by atoms with Crippen LogP contribution in [0.25, 0.3) is 11.0 Å². The molecule has 8 nitrogen and oxygen atoms in total. The molecule has 0 bridgehead atoms. The number of nitrogens with two attached hydrogens (primary N) is 1. The summed E-state index contributed by atoms with van der Waals surface area (Å²) in [5.74, 6) is 0.329. The second-order valence-electron chi connectivity index (χ2n) is 4.45. The Kier molecular flexibility index (Phi) is 2.86. The van der Waals surface area contributed by atoms with Gasteiger partial charge in [0.05, 0.1) is 12.0 Å². The van der Waals surface area contributed by atoms with Gasteiger partial charge in [-0.05, 0) is 6.07 Å². The molecule has 0 saturated carbocycles. The van der Waals surface area contributed by atoms with Crippen molar-refractivity contribution in [3.8, 4) is 0 Å². The number of ether oxygens (including phenoxy) is 1. The fourth-order valence-electron chi connectivity index (χ4n) is 2.31. The summed E-state index contributed by atoms with van der Waals surface area (Å²) >= 11 is 0. The summed E-state index contributed by atoms with van der Waals surface area (Å²) in [6.45, 7) is -0.370. The highest BCUT2D eigenvalue weighted by atomic mass is 16.6. The van der Waals surface area contributed by atoms with Gasteiger partial charge in [0.25, 0.3) is 0 Å². The van der Waals surface area contributed by atoms with Crippen molar-refractivity contribution < 1.29 is 20.1 Å². The standard InChI is InChI=1S/C11H14N4O4/c12-9-5-1-2-15(10(5)14-4-13-9)11-8(18)7(17)6(3-16)19-11/h1-2,4,6-8,11,16-18H,3H2,(H2,12,13,14)/t6-,7+,8-,11+/m0/s1. The lowest BCUT2D eigenvalue weighted by Crippen LogP contribution is -2.33. The van der Waals surface area contributed by atoms with Gasteiger partial charge in [-0.25, -0.2) is 9.97 Å². The Hall–Kier alpha value is -1.74. The molecule has 1 aliphatic heterocycles. The van der Waals surface area contributed by atoms with Crippen molar-refractivity contribution >= 4 is 16.9 Å². The van der Waals surface area contributed by atoms with E-state index >= 15 is 0 Å². The molecule has 0 unspecified atom stereocenters. The minimum atomic E-state index is -1.15. The maximum atomic E-state index is 9.98. The van der Waals surface area contributed by atoms with Gasteiger partial charge in [0.2, 0.25) is 0 Å². The molecule has 1 saturated heterocycles. The van der Waals surface area contributed by atoms with E-state index in [-0.39, 0.29) is 6.61 Å². The van der Waals surface area contributed by atoms with Gasteiger partial charge in [0.15, 0.2) is 6.23 Å². The number of nitrogens with zero attached hydrogens (tertiary/aromatic N) is 3. The summed E-state index contributed by atoms with van der Waals surface area (Å²) < 4.78 is 7.01. The van der Waals surface area contributed by atoms with E-state index in [9.17, 15) is 10.2 Å². The SMILES string of the molecule is Nc1ncnc2c1ccn2[C@@H]1O[C@@H](CO)[C@@H](O)[C@@H]1O. The molecule has 5 N–H and O–H groups in total.